The molecule has 2 rings (SSSR count). The van der Waals surface area contributed by atoms with Crippen LogP contribution >= 0.6 is 11.6 Å². The zero-order valence-electron chi connectivity index (χ0n) is 8.66. The molecule has 1 heterocycles. The molecule has 1 unspecified atom stereocenters. The Balaban J connectivity index is 2.16. The van der Waals surface area contributed by atoms with E-state index in [1.165, 1.54) is 0 Å². The van der Waals surface area contributed by atoms with E-state index in [9.17, 15) is 9.90 Å². The minimum absolute atomic E-state index is 0.0709. The van der Waals surface area contributed by atoms with Crippen molar-refractivity contribution in [1.82, 2.24) is 5.32 Å². The standard InChI is InChI=1S/C11H13ClN2O2/c12-4-8(15)6-13-9-3-1-2-7-5-14-11(16)10(7)9/h1-3,8,13,15H,4-6H2,(H,14,16). The van der Waals surface area contributed by atoms with E-state index >= 15 is 0 Å². The summed E-state index contributed by atoms with van der Waals surface area (Å²) in [4.78, 5) is 11.6. The lowest BCUT2D eigenvalue weighted by Gasteiger charge is -2.12. The maximum Gasteiger partial charge on any atom is 0.253 e. The first-order valence-corrected chi connectivity index (χ1v) is 5.64. The van der Waals surface area contributed by atoms with Gasteiger partial charge in [-0.3, -0.25) is 4.79 Å². The summed E-state index contributed by atoms with van der Waals surface area (Å²) in [5.41, 5.74) is 2.40. The molecule has 1 aromatic carbocycles. The van der Waals surface area contributed by atoms with Gasteiger partial charge < -0.3 is 15.7 Å². The zero-order valence-corrected chi connectivity index (χ0v) is 9.42. The van der Waals surface area contributed by atoms with Gasteiger partial charge in [0.25, 0.3) is 5.91 Å². The Morgan fingerprint density at radius 3 is 3.12 bits per heavy atom. The van der Waals surface area contributed by atoms with Gasteiger partial charge in [0, 0.05) is 18.8 Å². The summed E-state index contributed by atoms with van der Waals surface area (Å²) >= 11 is 5.49. The maximum atomic E-state index is 11.6. The van der Waals surface area contributed by atoms with Gasteiger partial charge in [0.2, 0.25) is 0 Å². The molecule has 0 saturated heterocycles. The van der Waals surface area contributed by atoms with Crippen LogP contribution in [0.15, 0.2) is 18.2 Å². The molecule has 0 aliphatic carbocycles. The molecule has 1 amide bonds. The average Bonchev–Trinajstić information content (AvgIpc) is 2.69. The van der Waals surface area contributed by atoms with E-state index in [0.717, 1.165) is 11.3 Å². The van der Waals surface area contributed by atoms with Gasteiger partial charge in [-0.05, 0) is 11.6 Å². The van der Waals surface area contributed by atoms with Gasteiger partial charge >= 0.3 is 0 Å². The monoisotopic (exact) mass is 240 g/mol. The Labute approximate surface area is 98.6 Å². The summed E-state index contributed by atoms with van der Waals surface area (Å²) in [6, 6.07) is 5.62. The summed E-state index contributed by atoms with van der Waals surface area (Å²) in [7, 11) is 0. The SMILES string of the molecule is O=C1NCc2cccc(NCC(O)CCl)c21. The lowest BCUT2D eigenvalue weighted by Crippen LogP contribution is -2.22. The highest BCUT2D eigenvalue weighted by molar-refractivity contribution is 6.18. The van der Waals surface area contributed by atoms with Crippen LogP contribution in [-0.4, -0.2) is 29.5 Å². The minimum Gasteiger partial charge on any atom is -0.390 e. The Morgan fingerprint density at radius 2 is 2.38 bits per heavy atom. The molecule has 0 bridgehead atoms. The Kier molecular flexibility index (Phi) is 3.31. The topological polar surface area (TPSA) is 61.4 Å². The van der Waals surface area contributed by atoms with Crippen molar-refractivity contribution >= 4 is 23.2 Å². The fraction of sp³-hybridized carbons (Fsp3) is 0.364. The van der Waals surface area contributed by atoms with Crippen LogP contribution in [0.4, 0.5) is 5.69 Å². The first kappa shape index (κ1) is 11.2. The Hall–Kier alpha value is -1.26. The van der Waals surface area contributed by atoms with Crippen molar-refractivity contribution in [2.75, 3.05) is 17.7 Å². The maximum absolute atomic E-state index is 11.6. The van der Waals surface area contributed by atoms with Gasteiger partial charge in [-0.2, -0.15) is 0 Å². The molecule has 4 nitrogen and oxygen atoms in total. The first-order valence-electron chi connectivity index (χ1n) is 5.10. The van der Waals surface area contributed by atoms with Crippen LogP contribution < -0.4 is 10.6 Å². The smallest absolute Gasteiger partial charge is 0.253 e. The Bertz CT molecular complexity index is 409. The van der Waals surface area contributed by atoms with Crippen LogP contribution in [0, 0.1) is 0 Å². The minimum atomic E-state index is -0.609. The molecule has 0 radical (unpaired) electrons. The third-order valence-electron chi connectivity index (χ3n) is 2.52. The first-order chi connectivity index (χ1) is 7.72. The van der Waals surface area contributed by atoms with Gasteiger partial charge in [0.15, 0.2) is 0 Å². The van der Waals surface area contributed by atoms with E-state index in [1.807, 2.05) is 18.2 Å². The molecule has 16 heavy (non-hydrogen) atoms. The number of halogens is 1. The van der Waals surface area contributed by atoms with Gasteiger partial charge in [-0.1, -0.05) is 12.1 Å². The second-order valence-corrected chi connectivity index (χ2v) is 4.02. The lowest BCUT2D eigenvalue weighted by atomic mass is 10.1. The molecule has 1 aromatic rings. The number of carbonyl (C=O) groups is 1. The fourth-order valence-corrected chi connectivity index (χ4v) is 1.82. The van der Waals surface area contributed by atoms with E-state index in [0.29, 0.717) is 18.7 Å². The summed E-state index contributed by atoms with van der Waals surface area (Å²) in [5.74, 6) is 0.104. The van der Waals surface area contributed by atoms with E-state index < -0.39 is 6.10 Å². The molecule has 1 atom stereocenters. The van der Waals surface area contributed by atoms with Crippen molar-refractivity contribution in [3.05, 3.63) is 29.3 Å². The van der Waals surface area contributed by atoms with Gasteiger partial charge in [0.05, 0.1) is 17.5 Å². The summed E-state index contributed by atoms with van der Waals surface area (Å²) in [6.07, 6.45) is -0.609. The highest BCUT2D eigenvalue weighted by Crippen LogP contribution is 2.23. The number of hydrogen-bond acceptors (Lipinski definition) is 3. The molecule has 1 aliphatic rings. The second kappa shape index (κ2) is 4.72. The summed E-state index contributed by atoms with van der Waals surface area (Å²) in [6.45, 7) is 0.912. The van der Waals surface area contributed by atoms with Crippen molar-refractivity contribution in [3.63, 3.8) is 0 Å². The van der Waals surface area contributed by atoms with Crippen LogP contribution in [0.25, 0.3) is 0 Å². The van der Waals surface area contributed by atoms with E-state index in [-0.39, 0.29) is 11.8 Å². The molecule has 0 saturated carbocycles. The largest absolute Gasteiger partial charge is 0.390 e. The number of anilines is 1. The van der Waals surface area contributed by atoms with Crippen LogP contribution in [0.5, 0.6) is 0 Å². The zero-order chi connectivity index (χ0) is 11.5. The van der Waals surface area contributed by atoms with Gasteiger partial charge in [-0.25, -0.2) is 0 Å². The number of alkyl halides is 1. The van der Waals surface area contributed by atoms with Crippen LogP contribution in [0.1, 0.15) is 15.9 Å². The van der Waals surface area contributed by atoms with Crippen LogP contribution in [-0.2, 0) is 6.54 Å². The average molecular weight is 241 g/mol. The number of nitrogens with one attached hydrogen (secondary N) is 2. The number of aliphatic hydroxyl groups excluding tert-OH is 1. The second-order valence-electron chi connectivity index (χ2n) is 3.71. The normalized spacial score (nSPS) is 15.5. The number of rotatable bonds is 4. The van der Waals surface area contributed by atoms with Crippen LogP contribution in [0.2, 0.25) is 0 Å². The molecule has 5 heteroatoms. The fourth-order valence-electron chi connectivity index (χ4n) is 1.71. The van der Waals surface area contributed by atoms with Crippen molar-refractivity contribution in [1.29, 1.82) is 0 Å². The molecule has 0 aromatic heterocycles. The number of fused-ring (bicyclic) bond motifs is 1. The number of carbonyl (C=O) groups excluding carboxylic acids is 1. The van der Waals surface area contributed by atoms with Crippen molar-refractivity contribution in [2.45, 2.75) is 12.6 Å². The Morgan fingerprint density at radius 1 is 1.56 bits per heavy atom. The molecular formula is C11H13ClN2O2. The van der Waals surface area contributed by atoms with Crippen molar-refractivity contribution in [3.8, 4) is 0 Å². The molecular weight excluding hydrogens is 228 g/mol. The third kappa shape index (κ3) is 2.13. The van der Waals surface area contributed by atoms with Crippen molar-refractivity contribution in [2.24, 2.45) is 0 Å². The number of benzene rings is 1. The lowest BCUT2D eigenvalue weighted by molar-refractivity contribution is 0.0966. The quantitative estimate of drug-likeness (QED) is 0.687. The van der Waals surface area contributed by atoms with E-state index in [4.69, 9.17) is 11.6 Å². The number of hydrogen-bond donors (Lipinski definition) is 3. The number of amides is 1. The van der Waals surface area contributed by atoms with Crippen molar-refractivity contribution < 1.29 is 9.90 Å². The molecule has 0 spiro atoms. The molecule has 0 fully saturated rings. The molecule has 1 aliphatic heterocycles. The third-order valence-corrected chi connectivity index (χ3v) is 2.88. The van der Waals surface area contributed by atoms with E-state index in [1.54, 1.807) is 0 Å². The van der Waals surface area contributed by atoms with Gasteiger partial charge in [0.1, 0.15) is 0 Å². The predicted molar refractivity (Wildman–Crippen MR) is 62.8 cm³/mol. The molecule has 3 N–H and O–H groups in total. The van der Waals surface area contributed by atoms with Crippen LogP contribution in [0.3, 0.4) is 0 Å². The van der Waals surface area contributed by atoms with Gasteiger partial charge in [-0.15, -0.1) is 11.6 Å². The van der Waals surface area contributed by atoms with E-state index in [2.05, 4.69) is 10.6 Å². The predicted octanol–water partition coefficient (Wildman–Crippen LogP) is 0.942. The highest BCUT2D eigenvalue weighted by atomic mass is 35.5. The molecule has 86 valence electrons. The summed E-state index contributed by atoms with van der Waals surface area (Å²) in [5, 5.41) is 15.1. The summed E-state index contributed by atoms with van der Waals surface area (Å²) < 4.78 is 0. The number of aliphatic hydroxyl groups is 1. The highest BCUT2D eigenvalue weighted by Gasteiger charge is 2.22.